The molecule has 51 heavy (non-hydrogen) atoms. The zero-order valence-corrected chi connectivity index (χ0v) is 30.4. The lowest BCUT2D eigenvalue weighted by Gasteiger charge is -2.35. The van der Waals surface area contributed by atoms with E-state index in [9.17, 15) is 32.4 Å². The molecule has 0 unspecified atom stereocenters. The van der Waals surface area contributed by atoms with Crippen molar-refractivity contribution in [1.29, 1.82) is 0 Å². The first-order valence-corrected chi connectivity index (χ1v) is 19.5. The van der Waals surface area contributed by atoms with E-state index in [0.717, 1.165) is 36.0 Å². The minimum absolute atomic E-state index is 0.0558. The van der Waals surface area contributed by atoms with Crippen LogP contribution in [0.1, 0.15) is 95.2 Å². The largest absolute Gasteiger partial charge is 0.444 e. The van der Waals surface area contributed by atoms with E-state index in [1.54, 1.807) is 4.90 Å². The second-order valence-corrected chi connectivity index (χ2v) is 17.6. The Hall–Kier alpha value is -4.20. The Labute approximate surface area is 299 Å². The van der Waals surface area contributed by atoms with Crippen LogP contribution < -0.4 is 15.4 Å². The highest BCUT2D eigenvalue weighted by atomic mass is 32.2. The monoisotopic (exact) mass is 723 g/mol. The van der Waals surface area contributed by atoms with Crippen LogP contribution >= 0.6 is 0 Å². The zero-order chi connectivity index (χ0) is 36.7. The number of fused-ring (bicyclic) bond motifs is 3. The van der Waals surface area contributed by atoms with E-state index < -0.39 is 74.1 Å². The number of nitrogens with one attached hydrogen (secondary N) is 3. The number of sulfonamides is 1. The average molecular weight is 724 g/mol. The fourth-order valence-corrected chi connectivity index (χ4v) is 8.69. The van der Waals surface area contributed by atoms with E-state index in [0.29, 0.717) is 32.4 Å². The van der Waals surface area contributed by atoms with E-state index in [4.69, 9.17) is 4.74 Å². The molecule has 1 aromatic rings. The number of allylic oxidation sites excluding steroid dienone is 1. The molecular weight excluding hydrogens is 675 g/mol. The topological polar surface area (TPSA) is 171 Å². The number of ether oxygens (including phenoxy) is 1. The Balaban J connectivity index is 1.27. The van der Waals surface area contributed by atoms with Crippen LogP contribution in [-0.2, 0) is 47.0 Å². The molecule has 0 radical (unpaired) electrons. The molecule has 3 N–H and O–H groups in total. The second-order valence-electron chi connectivity index (χ2n) is 15.6. The summed E-state index contributed by atoms with van der Waals surface area (Å²) in [5.41, 5.74) is 0.788. The molecule has 13 nitrogen and oxygen atoms in total. The van der Waals surface area contributed by atoms with Gasteiger partial charge < -0.3 is 20.3 Å². The summed E-state index contributed by atoms with van der Waals surface area (Å²) < 4.78 is 33.4. The third kappa shape index (κ3) is 7.85. The zero-order valence-electron chi connectivity index (χ0n) is 29.6. The van der Waals surface area contributed by atoms with E-state index in [-0.39, 0.29) is 31.7 Å². The standard InChI is InChI=1S/C37H49N5O8S/c1-5-25-19-37(25,34(46)40-51(48,49)27-16-17-27)39-32(44)29-18-26-21-42(29)33(45)31(36(2,3)4)38-30(43)15-10-8-6-7-9-12-23-13-11-14-24-20-41(22-28(23)24)35(47)50-26/h5,9,11-14,25-27,29,31H,1,6-8,10,15-22H2,2-4H3,(H,38,43)(H,39,44)(H,40,46)/b12-9+/t25-,26+,29-,31+,37+/m0/s1. The lowest BCUT2D eigenvalue weighted by atomic mass is 9.85. The summed E-state index contributed by atoms with van der Waals surface area (Å²) >= 11 is 0. The van der Waals surface area contributed by atoms with Gasteiger partial charge in [0.25, 0.3) is 5.91 Å². The highest BCUT2D eigenvalue weighted by Gasteiger charge is 2.62. The molecule has 5 atom stereocenters. The molecular formula is C37H49N5O8S. The molecule has 3 aliphatic heterocycles. The number of amides is 5. The van der Waals surface area contributed by atoms with Crippen molar-refractivity contribution in [2.45, 2.75) is 121 Å². The van der Waals surface area contributed by atoms with Gasteiger partial charge in [-0.25, -0.2) is 13.2 Å². The average Bonchev–Trinajstić information content (AvgIpc) is 3.96. The van der Waals surface area contributed by atoms with Gasteiger partial charge in [0, 0.05) is 25.3 Å². The minimum atomic E-state index is -3.89. The molecule has 14 heteroatoms. The first-order valence-electron chi connectivity index (χ1n) is 18.0. The Kier molecular flexibility index (Phi) is 10.1. The SMILES string of the molecule is C=C[C@H]1C[C@]1(NC(=O)[C@@H]1C[C@@H]2CN1C(=O)[C@H](C(C)(C)C)NC(=O)CCCCC/C=C/c1cccc3c1CN(C3)C(=O)O2)C(=O)NS(=O)(=O)C1CC1. The van der Waals surface area contributed by atoms with E-state index in [1.807, 2.05) is 39.0 Å². The number of benzene rings is 1. The molecule has 0 aromatic heterocycles. The fraction of sp³-hybridized carbons (Fsp3) is 0.595. The van der Waals surface area contributed by atoms with Crippen LogP contribution in [0.15, 0.2) is 36.9 Å². The van der Waals surface area contributed by atoms with E-state index in [1.165, 1.54) is 11.0 Å². The smallest absolute Gasteiger partial charge is 0.410 e. The molecule has 3 fully saturated rings. The Morgan fingerprint density at radius 3 is 2.55 bits per heavy atom. The quantitative estimate of drug-likeness (QED) is 0.376. The number of rotatable bonds is 6. The van der Waals surface area contributed by atoms with Crippen molar-refractivity contribution in [2.24, 2.45) is 11.3 Å². The van der Waals surface area contributed by atoms with Crippen molar-refractivity contribution >= 4 is 45.8 Å². The predicted molar refractivity (Wildman–Crippen MR) is 189 cm³/mol. The number of carbonyl (C=O) groups excluding carboxylic acids is 5. The molecule has 4 bridgehead atoms. The molecule has 6 rings (SSSR count). The lowest BCUT2D eigenvalue weighted by Crippen LogP contribution is -2.60. The van der Waals surface area contributed by atoms with Gasteiger partial charge in [-0.1, -0.05) is 63.6 Å². The molecule has 2 aliphatic carbocycles. The van der Waals surface area contributed by atoms with E-state index in [2.05, 4.69) is 34.1 Å². The van der Waals surface area contributed by atoms with Crippen LogP contribution in [0.3, 0.4) is 0 Å². The maximum absolute atomic E-state index is 14.4. The van der Waals surface area contributed by atoms with Gasteiger partial charge in [-0.3, -0.25) is 28.8 Å². The molecule has 5 aliphatic rings. The summed E-state index contributed by atoms with van der Waals surface area (Å²) in [7, 11) is -3.89. The van der Waals surface area contributed by atoms with Crippen LogP contribution in [0.2, 0.25) is 0 Å². The van der Waals surface area contributed by atoms with Gasteiger partial charge in [0.1, 0.15) is 23.7 Å². The minimum Gasteiger partial charge on any atom is -0.444 e. The molecule has 276 valence electrons. The Morgan fingerprint density at radius 1 is 1.10 bits per heavy atom. The van der Waals surface area contributed by atoms with Crippen LogP contribution in [0.5, 0.6) is 0 Å². The van der Waals surface area contributed by atoms with Gasteiger partial charge in [0.2, 0.25) is 27.7 Å². The van der Waals surface area contributed by atoms with Crippen molar-refractivity contribution in [3.05, 3.63) is 53.6 Å². The summed E-state index contributed by atoms with van der Waals surface area (Å²) in [6.45, 7) is 9.82. The van der Waals surface area contributed by atoms with Crippen molar-refractivity contribution in [3.8, 4) is 0 Å². The third-order valence-electron chi connectivity index (χ3n) is 10.6. The third-order valence-corrected chi connectivity index (χ3v) is 12.5. The van der Waals surface area contributed by atoms with Gasteiger partial charge in [0.05, 0.1) is 18.3 Å². The van der Waals surface area contributed by atoms with Gasteiger partial charge in [-0.2, -0.15) is 0 Å². The first kappa shape index (κ1) is 36.6. The Bertz CT molecular complexity index is 1750. The number of nitrogens with zero attached hydrogens (tertiary/aromatic N) is 2. The molecule has 1 aromatic carbocycles. The number of carbonyl (C=O) groups is 5. The normalized spacial score (nSPS) is 29.4. The van der Waals surface area contributed by atoms with Gasteiger partial charge in [-0.05, 0) is 60.6 Å². The maximum Gasteiger partial charge on any atom is 0.410 e. The molecule has 2 saturated carbocycles. The highest BCUT2D eigenvalue weighted by Crippen LogP contribution is 2.45. The van der Waals surface area contributed by atoms with Gasteiger partial charge in [-0.15, -0.1) is 6.58 Å². The van der Waals surface area contributed by atoms with Gasteiger partial charge >= 0.3 is 6.09 Å². The second kappa shape index (κ2) is 14.1. The van der Waals surface area contributed by atoms with Gasteiger partial charge in [0.15, 0.2) is 0 Å². The van der Waals surface area contributed by atoms with Crippen LogP contribution in [0, 0.1) is 11.3 Å². The summed E-state index contributed by atoms with van der Waals surface area (Å²) in [6, 6.07) is 3.79. The van der Waals surface area contributed by atoms with E-state index >= 15 is 0 Å². The summed E-state index contributed by atoms with van der Waals surface area (Å²) in [5, 5.41) is 5.03. The number of hydrogen-bond donors (Lipinski definition) is 3. The fourth-order valence-electron chi connectivity index (χ4n) is 7.33. The summed E-state index contributed by atoms with van der Waals surface area (Å²) in [6.07, 6.45) is 8.68. The Morgan fingerprint density at radius 2 is 1.86 bits per heavy atom. The van der Waals surface area contributed by atoms with Crippen LogP contribution in [0.4, 0.5) is 4.79 Å². The maximum atomic E-state index is 14.4. The van der Waals surface area contributed by atoms with Crippen LogP contribution in [-0.4, -0.2) is 83.5 Å². The molecule has 1 saturated heterocycles. The van der Waals surface area contributed by atoms with Crippen molar-refractivity contribution in [2.75, 3.05) is 6.54 Å². The first-order chi connectivity index (χ1) is 24.1. The summed E-state index contributed by atoms with van der Waals surface area (Å²) in [5.74, 6) is -2.85. The molecule has 3 heterocycles. The highest BCUT2D eigenvalue weighted by molar-refractivity contribution is 7.91. The summed E-state index contributed by atoms with van der Waals surface area (Å²) in [4.78, 5) is 71.6. The molecule has 0 spiro atoms. The van der Waals surface area contributed by atoms with Crippen molar-refractivity contribution < 1.29 is 37.1 Å². The molecule has 5 amide bonds. The number of hydrogen-bond acceptors (Lipinski definition) is 8. The van der Waals surface area contributed by atoms with Crippen LogP contribution in [0.25, 0.3) is 6.08 Å². The van der Waals surface area contributed by atoms with Crippen molar-refractivity contribution in [3.63, 3.8) is 0 Å². The predicted octanol–water partition coefficient (Wildman–Crippen LogP) is 3.29. The van der Waals surface area contributed by atoms with Crippen molar-refractivity contribution in [1.82, 2.24) is 25.2 Å². The lowest BCUT2D eigenvalue weighted by molar-refractivity contribution is -0.144.